The molecule has 1 fully saturated rings. The van der Waals surface area contributed by atoms with Crippen molar-refractivity contribution in [2.45, 2.75) is 44.3 Å². The van der Waals surface area contributed by atoms with Gasteiger partial charge in [-0.05, 0) is 54.7 Å². The van der Waals surface area contributed by atoms with Crippen molar-refractivity contribution in [3.63, 3.8) is 0 Å². The van der Waals surface area contributed by atoms with Crippen LogP contribution in [0, 0.1) is 0 Å². The van der Waals surface area contributed by atoms with Gasteiger partial charge in [0.05, 0.1) is 12.2 Å². The largest absolute Gasteiger partial charge is 0.413 e. The van der Waals surface area contributed by atoms with Crippen LogP contribution in [0.2, 0.25) is 0 Å². The second kappa shape index (κ2) is 9.15. The van der Waals surface area contributed by atoms with E-state index in [9.17, 15) is 4.79 Å². The number of nitrogens with zero attached hydrogens (tertiary/aromatic N) is 2. The number of hydrogen-bond donors (Lipinski definition) is 1. The van der Waals surface area contributed by atoms with Crippen LogP contribution in [-0.2, 0) is 11.8 Å². The lowest BCUT2D eigenvalue weighted by Crippen LogP contribution is -2.47. The van der Waals surface area contributed by atoms with E-state index in [-0.39, 0.29) is 11.5 Å². The lowest BCUT2D eigenvalue weighted by Gasteiger charge is -2.34. The molecular weight excluding hydrogens is 422 g/mol. The molecule has 3 atom stereocenters. The first-order valence-electron chi connectivity index (χ1n) is 12.1. The number of nitrogens with one attached hydrogen (secondary N) is 1. The molecule has 0 bridgehead atoms. The number of anilines is 1. The number of hydrogen-bond acceptors (Lipinski definition) is 4. The Morgan fingerprint density at radius 2 is 1.79 bits per heavy atom. The Morgan fingerprint density at radius 1 is 1.09 bits per heavy atom. The summed E-state index contributed by atoms with van der Waals surface area (Å²) in [7, 11) is 2.18. The Bertz CT molecular complexity index is 1150. The molecule has 1 unspecified atom stereocenters. The Morgan fingerprint density at radius 3 is 2.53 bits per heavy atom. The van der Waals surface area contributed by atoms with Gasteiger partial charge in [0.25, 0.3) is 0 Å². The van der Waals surface area contributed by atoms with Crippen molar-refractivity contribution in [1.82, 2.24) is 10.2 Å². The van der Waals surface area contributed by atoms with Crippen LogP contribution >= 0.6 is 0 Å². The van der Waals surface area contributed by atoms with Crippen molar-refractivity contribution in [3.05, 3.63) is 95.6 Å². The molecule has 1 saturated heterocycles. The van der Waals surface area contributed by atoms with Crippen molar-refractivity contribution < 1.29 is 9.53 Å². The minimum Gasteiger partial charge on any atom is -0.410 e. The first kappa shape index (κ1) is 22.5. The highest BCUT2D eigenvalue weighted by Crippen LogP contribution is 2.52. The van der Waals surface area contributed by atoms with Crippen LogP contribution < -0.4 is 15.0 Å². The Balaban J connectivity index is 1.28. The average Bonchev–Trinajstić information content (AvgIpc) is 3.30. The summed E-state index contributed by atoms with van der Waals surface area (Å²) in [4.78, 5) is 17.6. The van der Waals surface area contributed by atoms with Crippen LogP contribution in [0.25, 0.3) is 0 Å². The zero-order chi connectivity index (χ0) is 23.7. The van der Waals surface area contributed by atoms with Gasteiger partial charge in [-0.1, -0.05) is 67.6 Å². The maximum absolute atomic E-state index is 12.6. The summed E-state index contributed by atoms with van der Waals surface area (Å²) in [5.74, 6) is 0.592. The molecule has 34 heavy (non-hydrogen) atoms. The zero-order valence-corrected chi connectivity index (χ0v) is 20.2. The molecule has 0 saturated carbocycles. The van der Waals surface area contributed by atoms with Gasteiger partial charge in [-0.15, -0.1) is 0 Å². The van der Waals surface area contributed by atoms with E-state index in [1.165, 1.54) is 16.8 Å². The molecule has 0 spiro atoms. The number of fused-ring (bicyclic) bond motifs is 3. The van der Waals surface area contributed by atoms with Crippen LogP contribution in [0.15, 0.2) is 78.9 Å². The van der Waals surface area contributed by atoms with Crippen molar-refractivity contribution >= 4 is 11.8 Å². The number of carbonyl (C=O) groups is 1. The fourth-order valence-corrected chi connectivity index (χ4v) is 5.74. The van der Waals surface area contributed by atoms with Crippen molar-refractivity contribution in [2.75, 3.05) is 25.0 Å². The molecule has 2 heterocycles. The quantitative estimate of drug-likeness (QED) is 0.532. The van der Waals surface area contributed by atoms with Gasteiger partial charge in [-0.25, -0.2) is 4.79 Å². The molecule has 0 radical (unpaired) electrons. The van der Waals surface area contributed by atoms with Crippen molar-refractivity contribution in [2.24, 2.45) is 0 Å². The molecule has 176 valence electrons. The maximum Gasteiger partial charge on any atom is 0.413 e. The number of ether oxygens (including phenoxy) is 1. The van der Waals surface area contributed by atoms with E-state index in [2.05, 4.69) is 71.6 Å². The summed E-state index contributed by atoms with van der Waals surface area (Å²) < 4.78 is 5.71. The molecule has 1 amide bonds. The van der Waals surface area contributed by atoms with Gasteiger partial charge in [0, 0.05) is 31.2 Å². The third-order valence-electron chi connectivity index (χ3n) is 7.54. The molecule has 5 rings (SSSR count). The predicted octanol–water partition coefficient (Wildman–Crippen LogP) is 5.52. The Labute approximate surface area is 202 Å². The average molecular weight is 456 g/mol. The van der Waals surface area contributed by atoms with Gasteiger partial charge in [0.1, 0.15) is 5.75 Å². The highest BCUT2D eigenvalue weighted by molar-refractivity contribution is 5.73. The molecular formula is C29H33N3O2. The SMILES string of the molecule is C[C@@H](NC(=O)Oc1ccc2c(c1)[C@]1(C)CCN(CCc3ccccc3)C1N2C)c1ccccc1. The second-order valence-corrected chi connectivity index (χ2v) is 9.77. The topological polar surface area (TPSA) is 44.8 Å². The van der Waals surface area contributed by atoms with Gasteiger partial charge in [-0.2, -0.15) is 0 Å². The molecule has 5 nitrogen and oxygen atoms in total. The molecule has 2 aliphatic heterocycles. The van der Waals surface area contributed by atoms with Gasteiger partial charge in [0.2, 0.25) is 0 Å². The zero-order valence-electron chi connectivity index (χ0n) is 20.2. The van der Waals surface area contributed by atoms with Crippen LogP contribution in [0.5, 0.6) is 5.75 Å². The van der Waals surface area contributed by atoms with E-state index < -0.39 is 6.09 Å². The minimum atomic E-state index is -0.430. The summed E-state index contributed by atoms with van der Waals surface area (Å²) >= 11 is 0. The number of rotatable bonds is 6. The van der Waals surface area contributed by atoms with E-state index in [4.69, 9.17) is 4.74 Å². The lowest BCUT2D eigenvalue weighted by molar-refractivity contribution is 0.197. The number of likely N-dealkylation sites (tertiary alicyclic amines) is 1. The number of likely N-dealkylation sites (N-methyl/N-ethyl adjacent to an activating group) is 1. The van der Waals surface area contributed by atoms with Crippen molar-refractivity contribution in [1.29, 1.82) is 0 Å². The second-order valence-electron chi connectivity index (χ2n) is 9.77. The number of benzene rings is 3. The molecule has 5 heteroatoms. The molecule has 0 aliphatic carbocycles. The first-order chi connectivity index (χ1) is 16.5. The Hall–Kier alpha value is -3.31. The minimum absolute atomic E-state index is 0.00788. The van der Waals surface area contributed by atoms with Gasteiger partial charge in [0.15, 0.2) is 0 Å². The third-order valence-corrected chi connectivity index (χ3v) is 7.54. The van der Waals surface area contributed by atoms with E-state index in [0.717, 1.165) is 31.5 Å². The third kappa shape index (κ3) is 4.16. The number of carbonyl (C=O) groups excluding carboxylic acids is 1. The highest BCUT2D eigenvalue weighted by atomic mass is 16.6. The molecule has 3 aromatic rings. The summed E-state index contributed by atoms with van der Waals surface area (Å²) in [5, 5.41) is 2.94. The van der Waals surface area contributed by atoms with E-state index in [0.29, 0.717) is 11.9 Å². The maximum atomic E-state index is 12.6. The normalized spacial score (nSPS) is 22.2. The molecule has 3 aromatic carbocycles. The monoisotopic (exact) mass is 455 g/mol. The fourth-order valence-electron chi connectivity index (χ4n) is 5.74. The molecule has 0 aromatic heterocycles. The standard InChI is InChI=1S/C29H33N3O2/c1-21(23-12-8-5-9-13-23)30-28(33)34-24-14-15-26-25(20-24)29(2)17-19-32(27(29)31(26)3)18-16-22-10-6-4-7-11-22/h4-15,20-21,27H,16-19H2,1-3H3,(H,30,33)/t21-,27?,29+/m1/s1. The first-order valence-corrected chi connectivity index (χ1v) is 12.1. The van der Waals surface area contributed by atoms with Crippen LogP contribution in [0.1, 0.15) is 43.0 Å². The van der Waals surface area contributed by atoms with Gasteiger partial charge < -0.3 is 15.0 Å². The summed E-state index contributed by atoms with van der Waals surface area (Å²) in [6.45, 7) is 6.41. The molecule has 2 aliphatic rings. The summed E-state index contributed by atoms with van der Waals surface area (Å²) in [5.41, 5.74) is 4.92. The van der Waals surface area contributed by atoms with E-state index in [1.807, 2.05) is 43.3 Å². The fraction of sp³-hybridized carbons (Fsp3) is 0.345. The summed E-state index contributed by atoms with van der Waals surface area (Å²) in [6, 6.07) is 26.6. The molecule has 1 N–H and O–H groups in total. The smallest absolute Gasteiger partial charge is 0.410 e. The Kier molecular flexibility index (Phi) is 6.05. The van der Waals surface area contributed by atoms with Crippen LogP contribution in [0.4, 0.5) is 10.5 Å². The van der Waals surface area contributed by atoms with Crippen LogP contribution in [0.3, 0.4) is 0 Å². The summed E-state index contributed by atoms with van der Waals surface area (Å²) in [6.07, 6.45) is 2.02. The van der Waals surface area contributed by atoms with E-state index in [1.54, 1.807) is 0 Å². The van der Waals surface area contributed by atoms with Crippen molar-refractivity contribution in [3.8, 4) is 5.75 Å². The van der Waals surface area contributed by atoms with Crippen LogP contribution in [-0.4, -0.2) is 37.3 Å². The lowest BCUT2D eigenvalue weighted by atomic mass is 9.81. The predicted molar refractivity (Wildman–Crippen MR) is 136 cm³/mol. The van der Waals surface area contributed by atoms with Gasteiger partial charge >= 0.3 is 6.09 Å². The van der Waals surface area contributed by atoms with Gasteiger partial charge in [-0.3, -0.25) is 4.90 Å². The highest BCUT2D eigenvalue weighted by Gasteiger charge is 2.53. The number of amides is 1. The van der Waals surface area contributed by atoms with E-state index >= 15 is 0 Å².